The van der Waals surface area contributed by atoms with Gasteiger partial charge in [0.05, 0.1) is 0 Å². The van der Waals surface area contributed by atoms with Gasteiger partial charge in [0.25, 0.3) is 0 Å². The Hall–Kier alpha value is -0.950. The van der Waals surface area contributed by atoms with Gasteiger partial charge >= 0.3 is 0 Å². The van der Waals surface area contributed by atoms with E-state index in [1.165, 1.54) is 0 Å². The minimum absolute atomic E-state index is 0.115. The zero-order valence-electron chi connectivity index (χ0n) is 5.12. The van der Waals surface area contributed by atoms with Crippen LogP contribution in [0.4, 0.5) is 0 Å². The van der Waals surface area contributed by atoms with Crippen LogP contribution in [-0.4, -0.2) is 11.7 Å². The third-order valence-electron chi connectivity index (χ3n) is 1.13. The summed E-state index contributed by atoms with van der Waals surface area (Å²) < 4.78 is 0. The van der Waals surface area contributed by atoms with Crippen molar-refractivity contribution < 1.29 is 5.11 Å². The standard InChI is InChI=1S/C8H9O/c9-7-6-8-4-2-1-3-5-8/h1-6,9H,7H2/q+1. The molecule has 1 aromatic rings. The van der Waals surface area contributed by atoms with Gasteiger partial charge in [0.15, 0.2) is 0 Å². The van der Waals surface area contributed by atoms with Gasteiger partial charge in [-0.05, 0) is 18.2 Å². The third-order valence-corrected chi connectivity index (χ3v) is 1.13. The fraction of sp³-hybridized carbons (Fsp3) is 0.125. The van der Waals surface area contributed by atoms with E-state index in [-0.39, 0.29) is 6.61 Å². The zero-order chi connectivity index (χ0) is 6.53. The lowest BCUT2D eigenvalue weighted by molar-refractivity contribution is 0.331. The normalized spacial score (nSPS) is 9.00. The predicted octanol–water partition coefficient (Wildman–Crippen LogP) is 1.23. The van der Waals surface area contributed by atoms with E-state index in [0.717, 1.165) is 5.56 Å². The first-order valence-corrected chi connectivity index (χ1v) is 2.92. The average molecular weight is 121 g/mol. The van der Waals surface area contributed by atoms with Crippen molar-refractivity contribution in [2.75, 3.05) is 6.61 Å². The third kappa shape index (κ3) is 1.78. The summed E-state index contributed by atoms with van der Waals surface area (Å²) in [7, 11) is 0. The molecule has 0 fully saturated rings. The maximum absolute atomic E-state index is 8.46. The van der Waals surface area contributed by atoms with Crippen molar-refractivity contribution in [2.45, 2.75) is 0 Å². The molecule has 1 N–H and O–H groups in total. The topological polar surface area (TPSA) is 20.2 Å². The molecule has 0 spiro atoms. The van der Waals surface area contributed by atoms with E-state index < -0.39 is 0 Å². The van der Waals surface area contributed by atoms with Crippen molar-refractivity contribution in [1.29, 1.82) is 0 Å². The van der Waals surface area contributed by atoms with Crippen LogP contribution in [0.1, 0.15) is 5.56 Å². The molecule has 0 aliphatic heterocycles. The van der Waals surface area contributed by atoms with Crippen molar-refractivity contribution in [2.24, 2.45) is 0 Å². The van der Waals surface area contributed by atoms with Gasteiger partial charge in [-0.3, -0.25) is 0 Å². The molecule has 0 radical (unpaired) electrons. The average Bonchev–Trinajstić information content (AvgIpc) is 1.91. The molecular formula is C8H9O+. The highest BCUT2D eigenvalue weighted by molar-refractivity contribution is 5.21. The molecule has 0 saturated heterocycles. The van der Waals surface area contributed by atoms with Crippen LogP contribution in [0, 0.1) is 6.42 Å². The Morgan fingerprint density at radius 1 is 1.22 bits per heavy atom. The Bertz CT molecular complexity index is 157. The minimum atomic E-state index is 0.115. The summed E-state index contributed by atoms with van der Waals surface area (Å²) in [6.07, 6.45) is 1.76. The lowest BCUT2D eigenvalue weighted by atomic mass is 10.2. The Labute approximate surface area is 55.0 Å². The quantitative estimate of drug-likeness (QED) is 0.583. The molecule has 1 nitrogen and oxygen atoms in total. The molecule has 0 saturated carbocycles. The smallest absolute Gasteiger partial charge is 0.132 e. The zero-order valence-corrected chi connectivity index (χ0v) is 5.12. The Balaban J connectivity index is 2.61. The Kier molecular flexibility index (Phi) is 2.16. The highest BCUT2D eigenvalue weighted by atomic mass is 16.2. The molecule has 1 aromatic carbocycles. The van der Waals surface area contributed by atoms with E-state index in [4.69, 9.17) is 5.11 Å². The highest BCUT2D eigenvalue weighted by Crippen LogP contribution is 1.99. The number of hydrogen-bond acceptors (Lipinski definition) is 1. The molecule has 0 amide bonds. The minimum Gasteiger partial charge on any atom is -0.379 e. The van der Waals surface area contributed by atoms with E-state index in [0.29, 0.717) is 0 Å². The lowest BCUT2D eigenvalue weighted by Gasteiger charge is -1.83. The van der Waals surface area contributed by atoms with Crippen LogP contribution < -0.4 is 0 Å². The van der Waals surface area contributed by atoms with E-state index in [1.54, 1.807) is 6.42 Å². The van der Waals surface area contributed by atoms with Gasteiger partial charge in [-0.1, -0.05) is 0 Å². The fourth-order valence-corrected chi connectivity index (χ4v) is 0.695. The Morgan fingerprint density at radius 2 is 1.89 bits per heavy atom. The summed E-state index contributed by atoms with van der Waals surface area (Å²) >= 11 is 0. The van der Waals surface area contributed by atoms with Crippen LogP contribution in [0.5, 0.6) is 0 Å². The SMILES string of the molecule is OC[CH+]c1ccccc1. The Morgan fingerprint density at radius 3 is 2.44 bits per heavy atom. The van der Waals surface area contributed by atoms with Crippen LogP contribution in [0.15, 0.2) is 30.3 Å². The number of hydrogen-bond donors (Lipinski definition) is 1. The molecule has 1 heteroatoms. The molecule has 0 heterocycles. The van der Waals surface area contributed by atoms with E-state index >= 15 is 0 Å². The van der Waals surface area contributed by atoms with Crippen molar-refractivity contribution in [3.63, 3.8) is 0 Å². The van der Waals surface area contributed by atoms with Crippen LogP contribution in [0.2, 0.25) is 0 Å². The monoisotopic (exact) mass is 121 g/mol. The molecule has 0 atom stereocenters. The summed E-state index contributed by atoms with van der Waals surface area (Å²) in [5.74, 6) is 0. The van der Waals surface area contributed by atoms with Crippen LogP contribution >= 0.6 is 0 Å². The van der Waals surface area contributed by atoms with Gasteiger partial charge in [-0.15, -0.1) is 0 Å². The first kappa shape index (κ1) is 6.17. The van der Waals surface area contributed by atoms with Gasteiger partial charge in [0.2, 0.25) is 0 Å². The number of aliphatic hydroxyl groups is 1. The van der Waals surface area contributed by atoms with Gasteiger partial charge in [0, 0.05) is 18.6 Å². The van der Waals surface area contributed by atoms with Gasteiger partial charge in [-0.25, -0.2) is 0 Å². The molecule has 1 rings (SSSR count). The van der Waals surface area contributed by atoms with E-state index in [2.05, 4.69) is 0 Å². The molecule has 0 bridgehead atoms. The second kappa shape index (κ2) is 3.15. The summed E-state index contributed by atoms with van der Waals surface area (Å²) in [6.45, 7) is 0.115. The van der Waals surface area contributed by atoms with Crippen LogP contribution in [0.3, 0.4) is 0 Å². The largest absolute Gasteiger partial charge is 0.379 e. The fourth-order valence-electron chi connectivity index (χ4n) is 0.695. The first-order valence-electron chi connectivity index (χ1n) is 2.92. The summed E-state index contributed by atoms with van der Waals surface area (Å²) in [5, 5.41) is 8.46. The molecule has 0 aromatic heterocycles. The van der Waals surface area contributed by atoms with Gasteiger partial charge in [-0.2, -0.15) is 0 Å². The highest BCUT2D eigenvalue weighted by Gasteiger charge is 1.95. The summed E-state index contributed by atoms with van der Waals surface area (Å²) in [5.41, 5.74) is 1.07. The molecule has 46 valence electrons. The van der Waals surface area contributed by atoms with Gasteiger partial charge in [0.1, 0.15) is 12.2 Å². The summed E-state index contributed by atoms with van der Waals surface area (Å²) in [6, 6.07) is 9.75. The molecule has 0 aliphatic rings. The van der Waals surface area contributed by atoms with Crippen molar-refractivity contribution >= 4 is 0 Å². The number of benzene rings is 1. The maximum atomic E-state index is 8.46. The van der Waals surface area contributed by atoms with Crippen molar-refractivity contribution in [1.82, 2.24) is 0 Å². The van der Waals surface area contributed by atoms with Gasteiger partial charge < -0.3 is 5.11 Å². The second-order valence-electron chi connectivity index (χ2n) is 1.80. The summed E-state index contributed by atoms with van der Waals surface area (Å²) in [4.78, 5) is 0. The molecule has 9 heavy (non-hydrogen) atoms. The molecule has 0 unspecified atom stereocenters. The maximum Gasteiger partial charge on any atom is 0.132 e. The van der Waals surface area contributed by atoms with Crippen LogP contribution in [0.25, 0.3) is 0 Å². The van der Waals surface area contributed by atoms with Crippen molar-refractivity contribution in [3.05, 3.63) is 42.3 Å². The molecular weight excluding hydrogens is 112 g/mol. The van der Waals surface area contributed by atoms with E-state index in [1.807, 2.05) is 30.3 Å². The molecule has 0 aliphatic carbocycles. The number of rotatable bonds is 2. The van der Waals surface area contributed by atoms with Crippen molar-refractivity contribution in [3.8, 4) is 0 Å². The van der Waals surface area contributed by atoms with Crippen LogP contribution in [-0.2, 0) is 0 Å². The lowest BCUT2D eigenvalue weighted by Crippen LogP contribution is -1.84. The van der Waals surface area contributed by atoms with E-state index in [9.17, 15) is 0 Å². The number of aliphatic hydroxyl groups excluding tert-OH is 1. The second-order valence-corrected chi connectivity index (χ2v) is 1.80. The first-order chi connectivity index (χ1) is 4.43. The predicted molar refractivity (Wildman–Crippen MR) is 36.9 cm³/mol.